The van der Waals surface area contributed by atoms with Gasteiger partial charge in [0.1, 0.15) is 0 Å². The molecule has 1 aliphatic rings. The van der Waals surface area contributed by atoms with Gasteiger partial charge in [-0.3, -0.25) is 0 Å². The molecule has 0 radical (unpaired) electrons. The van der Waals surface area contributed by atoms with E-state index in [4.69, 9.17) is 6.42 Å². The predicted molar refractivity (Wildman–Crippen MR) is 62.1 cm³/mol. The first kappa shape index (κ1) is 11.6. The Hall–Kier alpha value is -0.480. The fourth-order valence-corrected chi connectivity index (χ4v) is 2.04. The molecule has 0 spiro atoms. The lowest BCUT2D eigenvalue weighted by molar-refractivity contribution is 0.255. The third kappa shape index (κ3) is 4.15. The van der Waals surface area contributed by atoms with E-state index in [-0.39, 0.29) is 0 Å². The van der Waals surface area contributed by atoms with Crippen LogP contribution >= 0.6 is 0 Å². The fraction of sp³-hybridized carbons (Fsp3) is 0.846. The zero-order valence-electron chi connectivity index (χ0n) is 9.39. The van der Waals surface area contributed by atoms with Crippen molar-refractivity contribution in [3.63, 3.8) is 0 Å². The summed E-state index contributed by atoms with van der Waals surface area (Å²) in [4.78, 5) is 0. The highest BCUT2D eigenvalue weighted by Crippen LogP contribution is 2.31. The molecule has 80 valence electrons. The lowest BCUT2D eigenvalue weighted by Crippen LogP contribution is -2.33. The van der Waals surface area contributed by atoms with Crippen molar-refractivity contribution in [2.24, 2.45) is 5.92 Å². The molecule has 1 heteroatoms. The van der Waals surface area contributed by atoms with Crippen molar-refractivity contribution in [2.45, 2.75) is 57.9 Å². The van der Waals surface area contributed by atoms with Crippen molar-refractivity contribution in [1.82, 2.24) is 5.32 Å². The van der Waals surface area contributed by atoms with Crippen LogP contribution < -0.4 is 5.32 Å². The van der Waals surface area contributed by atoms with Gasteiger partial charge in [-0.25, -0.2) is 0 Å². The van der Waals surface area contributed by atoms with Crippen molar-refractivity contribution >= 4 is 0 Å². The van der Waals surface area contributed by atoms with Crippen molar-refractivity contribution in [1.29, 1.82) is 0 Å². The predicted octanol–water partition coefficient (Wildman–Crippen LogP) is 2.96. The monoisotopic (exact) mass is 193 g/mol. The van der Waals surface area contributed by atoms with Gasteiger partial charge in [0.15, 0.2) is 0 Å². The van der Waals surface area contributed by atoms with Gasteiger partial charge in [-0.1, -0.05) is 26.2 Å². The largest absolute Gasteiger partial charge is 0.314 e. The Morgan fingerprint density at radius 2 is 2.29 bits per heavy atom. The Balaban J connectivity index is 2.16. The van der Waals surface area contributed by atoms with Gasteiger partial charge in [-0.2, -0.15) is 0 Å². The fourth-order valence-electron chi connectivity index (χ4n) is 2.04. The van der Waals surface area contributed by atoms with Crippen molar-refractivity contribution in [3.05, 3.63) is 0 Å². The number of hydrogen-bond donors (Lipinski definition) is 1. The molecule has 0 aromatic carbocycles. The second-order valence-electron chi connectivity index (χ2n) is 4.43. The average molecular weight is 193 g/mol. The normalized spacial score (nSPS) is 18.6. The summed E-state index contributed by atoms with van der Waals surface area (Å²) < 4.78 is 0. The average Bonchev–Trinajstić information content (AvgIpc) is 2.14. The summed E-state index contributed by atoms with van der Waals surface area (Å²) in [5.74, 6) is 3.73. The van der Waals surface area contributed by atoms with E-state index in [9.17, 15) is 0 Å². The van der Waals surface area contributed by atoms with Gasteiger partial charge in [-0.05, 0) is 31.7 Å². The van der Waals surface area contributed by atoms with Gasteiger partial charge >= 0.3 is 0 Å². The smallest absolute Gasteiger partial charge is 0.0101 e. The highest BCUT2D eigenvalue weighted by atomic mass is 14.9. The van der Waals surface area contributed by atoms with Gasteiger partial charge in [0.2, 0.25) is 0 Å². The van der Waals surface area contributed by atoms with Crippen LogP contribution in [0.5, 0.6) is 0 Å². The molecule has 1 rings (SSSR count). The molecule has 0 aromatic rings. The maximum Gasteiger partial charge on any atom is 0.0101 e. The molecule has 0 bridgehead atoms. The van der Waals surface area contributed by atoms with Gasteiger partial charge in [0, 0.05) is 12.5 Å². The molecule has 0 aliphatic heterocycles. The molecule has 1 unspecified atom stereocenters. The number of nitrogens with one attached hydrogen (secondary N) is 1. The summed E-state index contributed by atoms with van der Waals surface area (Å²) in [6.07, 6.45) is 14.3. The molecule has 0 amide bonds. The van der Waals surface area contributed by atoms with Gasteiger partial charge in [0.05, 0.1) is 0 Å². The molecule has 1 nitrogen and oxygen atoms in total. The summed E-state index contributed by atoms with van der Waals surface area (Å²) in [7, 11) is 0. The summed E-state index contributed by atoms with van der Waals surface area (Å²) >= 11 is 0. The maximum absolute atomic E-state index is 5.30. The summed E-state index contributed by atoms with van der Waals surface area (Å²) in [5, 5.41) is 3.61. The van der Waals surface area contributed by atoms with Crippen LogP contribution in [0, 0.1) is 18.3 Å². The van der Waals surface area contributed by atoms with Gasteiger partial charge in [0.25, 0.3) is 0 Å². The number of terminal acetylenes is 1. The molecule has 14 heavy (non-hydrogen) atoms. The van der Waals surface area contributed by atoms with E-state index in [0.717, 1.165) is 25.3 Å². The standard InChI is InChI=1S/C13H23N/c1-3-5-9-13(14-10-4-2)11-12-7-6-8-12/h1,12-14H,4-11H2,2H3. The lowest BCUT2D eigenvalue weighted by Gasteiger charge is -2.30. The summed E-state index contributed by atoms with van der Waals surface area (Å²) in [6.45, 7) is 3.36. The van der Waals surface area contributed by atoms with Crippen LogP contribution in [0.3, 0.4) is 0 Å². The first-order valence-corrected chi connectivity index (χ1v) is 6.03. The number of rotatable bonds is 7. The van der Waals surface area contributed by atoms with Crippen molar-refractivity contribution in [2.75, 3.05) is 6.54 Å². The Morgan fingerprint density at radius 1 is 1.50 bits per heavy atom. The maximum atomic E-state index is 5.30. The Kier molecular flexibility index (Phi) is 5.71. The molecule has 1 N–H and O–H groups in total. The second-order valence-corrected chi connectivity index (χ2v) is 4.43. The summed E-state index contributed by atoms with van der Waals surface area (Å²) in [6, 6.07) is 0.677. The molecule has 1 aliphatic carbocycles. The molecule has 1 atom stereocenters. The van der Waals surface area contributed by atoms with Crippen LogP contribution in [0.4, 0.5) is 0 Å². The molecule has 0 heterocycles. The van der Waals surface area contributed by atoms with Crippen LogP contribution in [0.15, 0.2) is 0 Å². The highest BCUT2D eigenvalue weighted by molar-refractivity contribution is 4.87. The molecule has 1 saturated carbocycles. The minimum atomic E-state index is 0.677. The minimum absolute atomic E-state index is 0.677. The molecular weight excluding hydrogens is 170 g/mol. The molecule has 0 aromatic heterocycles. The topological polar surface area (TPSA) is 12.0 Å². The number of hydrogen-bond acceptors (Lipinski definition) is 1. The lowest BCUT2D eigenvalue weighted by atomic mass is 9.80. The van der Waals surface area contributed by atoms with E-state index < -0.39 is 0 Å². The van der Waals surface area contributed by atoms with E-state index in [2.05, 4.69) is 18.2 Å². The zero-order valence-corrected chi connectivity index (χ0v) is 9.39. The minimum Gasteiger partial charge on any atom is -0.314 e. The third-order valence-electron chi connectivity index (χ3n) is 3.16. The van der Waals surface area contributed by atoms with E-state index >= 15 is 0 Å². The second kappa shape index (κ2) is 6.90. The van der Waals surface area contributed by atoms with E-state index in [1.807, 2.05) is 0 Å². The third-order valence-corrected chi connectivity index (χ3v) is 3.16. The zero-order chi connectivity index (χ0) is 10.2. The van der Waals surface area contributed by atoms with E-state index in [1.165, 1.54) is 32.1 Å². The van der Waals surface area contributed by atoms with Crippen molar-refractivity contribution < 1.29 is 0 Å². The van der Waals surface area contributed by atoms with Gasteiger partial charge < -0.3 is 5.32 Å². The van der Waals surface area contributed by atoms with Crippen LogP contribution in [0.1, 0.15) is 51.9 Å². The van der Waals surface area contributed by atoms with Crippen LogP contribution in [0.25, 0.3) is 0 Å². The van der Waals surface area contributed by atoms with E-state index in [0.29, 0.717) is 6.04 Å². The molecular formula is C13H23N. The van der Waals surface area contributed by atoms with Gasteiger partial charge in [-0.15, -0.1) is 12.3 Å². The van der Waals surface area contributed by atoms with Crippen LogP contribution in [-0.4, -0.2) is 12.6 Å². The van der Waals surface area contributed by atoms with Crippen molar-refractivity contribution in [3.8, 4) is 12.3 Å². The molecule has 0 saturated heterocycles. The quantitative estimate of drug-likeness (QED) is 0.613. The first-order valence-electron chi connectivity index (χ1n) is 6.03. The highest BCUT2D eigenvalue weighted by Gasteiger charge is 2.21. The summed E-state index contributed by atoms with van der Waals surface area (Å²) in [5.41, 5.74) is 0. The van der Waals surface area contributed by atoms with Crippen LogP contribution in [0.2, 0.25) is 0 Å². The molecule has 1 fully saturated rings. The van der Waals surface area contributed by atoms with Crippen LogP contribution in [-0.2, 0) is 0 Å². The van der Waals surface area contributed by atoms with E-state index in [1.54, 1.807) is 0 Å². The SMILES string of the molecule is C#CCCC(CC1CCC1)NCCC. The Bertz CT molecular complexity index is 176. The Morgan fingerprint density at radius 3 is 2.79 bits per heavy atom. The first-order chi connectivity index (χ1) is 6.86. The Labute approximate surface area is 88.7 Å².